The van der Waals surface area contributed by atoms with Gasteiger partial charge in [-0.1, -0.05) is 42.5 Å². The van der Waals surface area contributed by atoms with Gasteiger partial charge in [0, 0.05) is 11.3 Å². The Kier molecular flexibility index (Phi) is 7.86. The number of carbonyl (C=O) groups is 2. The maximum absolute atomic E-state index is 12.9. The fourth-order valence-corrected chi connectivity index (χ4v) is 3.49. The molecule has 1 atom stereocenters. The monoisotopic (exact) mass is 432 g/mol. The first-order chi connectivity index (χ1) is 15.5. The third-order valence-corrected chi connectivity index (χ3v) is 5.38. The van der Waals surface area contributed by atoms with Crippen molar-refractivity contribution in [3.8, 4) is 5.75 Å². The Bertz CT molecular complexity index is 1050. The van der Waals surface area contributed by atoms with Crippen molar-refractivity contribution in [2.24, 2.45) is 0 Å². The molecular weight excluding hydrogens is 404 g/mol. The molecule has 0 unspecified atom stereocenters. The number of methoxy groups -OCH3 is 1. The number of anilines is 1. The number of aromatic hydroxyl groups is 1. The molecule has 32 heavy (non-hydrogen) atoms. The lowest BCUT2D eigenvalue weighted by molar-refractivity contribution is -0.143. The Labute approximate surface area is 188 Å². The first-order valence-electron chi connectivity index (χ1n) is 10.5. The number of hydrogen-bond donors (Lipinski definition) is 3. The van der Waals surface area contributed by atoms with Crippen LogP contribution in [-0.2, 0) is 28.8 Å². The highest BCUT2D eigenvalue weighted by Crippen LogP contribution is 2.19. The van der Waals surface area contributed by atoms with Crippen molar-refractivity contribution >= 4 is 17.6 Å². The van der Waals surface area contributed by atoms with Crippen LogP contribution in [0.1, 0.15) is 33.5 Å². The van der Waals surface area contributed by atoms with E-state index in [-0.39, 0.29) is 11.7 Å². The van der Waals surface area contributed by atoms with Crippen LogP contribution in [0.15, 0.2) is 72.8 Å². The standard InChI is InChI=1S/C26H28N2O4/c1-32-26(31)24(16-10-18-5-3-2-4-6-18)28-25(30)21-12-15-23(27)20(17-21)11-7-19-8-13-22(29)14-9-19/h2-6,8-9,12-15,17,24,29H,7,10-11,16,27H2,1H3,(H,28,30)/t24-/m0/s1. The number of amides is 1. The number of esters is 1. The molecule has 3 rings (SSSR count). The number of benzene rings is 3. The number of nitrogens with two attached hydrogens (primary N) is 1. The van der Waals surface area contributed by atoms with E-state index in [1.165, 1.54) is 7.11 Å². The molecule has 0 heterocycles. The van der Waals surface area contributed by atoms with E-state index in [0.29, 0.717) is 30.5 Å². The molecule has 0 aliphatic heterocycles. The van der Waals surface area contributed by atoms with E-state index in [4.69, 9.17) is 10.5 Å². The van der Waals surface area contributed by atoms with Crippen LogP contribution >= 0.6 is 0 Å². The predicted octanol–water partition coefficient (Wildman–Crippen LogP) is 3.66. The van der Waals surface area contributed by atoms with Gasteiger partial charge in [-0.2, -0.15) is 0 Å². The number of rotatable bonds is 9. The van der Waals surface area contributed by atoms with E-state index in [1.54, 1.807) is 30.3 Å². The van der Waals surface area contributed by atoms with Crippen LogP contribution in [0.2, 0.25) is 0 Å². The van der Waals surface area contributed by atoms with Gasteiger partial charge in [0.05, 0.1) is 7.11 Å². The van der Waals surface area contributed by atoms with Crippen molar-refractivity contribution in [1.29, 1.82) is 0 Å². The molecule has 0 fully saturated rings. The summed E-state index contributed by atoms with van der Waals surface area (Å²) in [6.45, 7) is 0. The summed E-state index contributed by atoms with van der Waals surface area (Å²) in [7, 11) is 1.31. The second-order valence-electron chi connectivity index (χ2n) is 7.65. The normalized spacial score (nSPS) is 11.5. The summed E-state index contributed by atoms with van der Waals surface area (Å²) in [5, 5.41) is 12.2. The first-order valence-corrected chi connectivity index (χ1v) is 10.5. The van der Waals surface area contributed by atoms with Gasteiger partial charge in [0.2, 0.25) is 0 Å². The Balaban J connectivity index is 1.67. The molecule has 0 aliphatic carbocycles. The van der Waals surface area contributed by atoms with Gasteiger partial charge in [-0.25, -0.2) is 4.79 Å². The Morgan fingerprint density at radius 1 is 0.938 bits per heavy atom. The number of ether oxygens (including phenoxy) is 1. The Hall–Kier alpha value is -3.80. The first kappa shape index (κ1) is 22.9. The zero-order chi connectivity index (χ0) is 22.9. The number of phenolic OH excluding ortho intramolecular Hbond substituents is 1. The van der Waals surface area contributed by atoms with E-state index >= 15 is 0 Å². The summed E-state index contributed by atoms with van der Waals surface area (Å²) < 4.78 is 4.88. The van der Waals surface area contributed by atoms with Crippen LogP contribution in [0.4, 0.5) is 5.69 Å². The van der Waals surface area contributed by atoms with Gasteiger partial charge in [0.1, 0.15) is 11.8 Å². The van der Waals surface area contributed by atoms with Gasteiger partial charge in [0.25, 0.3) is 5.91 Å². The van der Waals surface area contributed by atoms with Crippen LogP contribution in [0.25, 0.3) is 0 Å². The van der Waals surface area contributed by atoms with Crippen molar-refractivity contribution in [2.75, 3.05) is 12.8 Å². The maximum Gasteiger partial charge on any atom is 0.328 e. The smallest absolute Gasteiger partial charge is 0.328 e. The molecule has 6 heteroatoms. The number of nitrogen functional groups attached to an aromatic ring is 1. The van der Waals surface area contributed by atoms with Gasteiger partial charge in [0.15, 0.2) is 0 Å². The highest BCUT2D eigenvalue weighted by Gasteiger charge is 2.22. The van der Waals surface area contributed by atoms with Crippen LogP contribution in [0, 0.1) is 0 Å². The Morgan fingerprint density at radius 3 is 2.31 bits per heavy atom. The minimum Gasteiger partial charge on any atom is -0.508 e. The van der Waals surface area contributed by atoms with Crippen molar-refractivity contribution in [2.45, 2.75) is 31.7 Å². The van der Waals surface area contributed by atoms with Gasteiger partial charge in [-0.15, -0.1) is 0 Å². The molecule has 3 aromatic rings. The average molecular weight is 433 g/mol. The van der Waals surface area contributed by atoms with Crippen LogP contribution in [-0.4, -0.2) is 30.1 Å². The van der Waals surface area contributed by atoms with E-state index in [2.05, 4.69) is 5.32 Å². The SMILES string of the molecule is COC(=O)[C@H](CCc1ccccc1)NC(=O)c1ccc(N)c(CCc2ccc(O)cc2)c1. The quantitative estimate of drug-likeness (QED) is 0.354. The van der Waals surface area contributed by atoms with Crippen LogP contribution < -0.4 is 11.1 Å². The fourth-order valence-electron chi connectivity index (χ4n) is 3.49. The molecule has 0 radical (unpaired) electrons. The molecule has 6 nitrogen and oxygen atoms in total. The lowest BCUT2D eigenvalue weighted by Gasteiger charge is -2.17. The largest absolute Gasteiger partial charge is 0.508 e. The topological polar surface area (TPSA) is 102 Å². The molecule has 0 aliphatic rings. The van der Waals surface area contributed by atoms with Gasteiger partial charge >= 0.3 is 5.97 Å². The van der Waals surface area contributed by atoms with E-state index < -0.39 is 12.0 Å². The highest BCUT2D eigenvalue weighted by atomic mass is 16.5. The highest BCUT2D eigenvalue weighted by molar-refractivity contribution is 5.97. The molecule has 0 spiro atoms. The van der Waals surface area contributed by atoms with E-state index in [0.717, 1.165) is 23.1 Å². The molecule has 1 amide bonds. The minimum absolute atomic E-state index is 0.222. The predicted molar refractivity (Wildman–Crippen MR) is 124 cm³/mol. The molecule has 3 aromatic carbocycles. The zero-order valence-corrected chi connectivity index (χ0v) is 18.1. The van der Waals surface area contributed by atoms with Gasteiger partial charge in [-0.3, -0.25) is 4.79 Å². The molecule has 4 N–H and O–H groups in total. The molecule has 0 aromatic heterocycles. The van der Waals surface area contributed by atoms with Crippen molar-refractivity contribution in [3.63, 3.8) is 0 Å². The van der Waals surface area contributed by atoms with Crippen molar-refractivity contribution in [1.82, 2.24) is 5.32 Å². The molecule has 0 saturated heterocycles. The summed E-state index contributed by atoms with van der Waals surface area (Å²) in [6.07, 6.45) is 2.44. The number of hydrogen-bond acceptors (Lipinski definition) is 5. The third-order valence-electron chi connectivity index (χ3n) is 5.38. The number of carbonyl (C=O) groups excluding carboxylic acids is 2. The number of aryl methyl sites for hydroxylation is 3. The summed E-state index contributed by atoms with van der Waals surface area (Å²) in [4.78, 5) is 25.1. The second-order valence-corrected chi connectivity index (χ2v) is 7.65. The average Bonchev–Trinajstić information content (AvgIpc) is 2.82. The number of nitrogens with one attached hydrogen (secondary N) is 1. The lowest BCUT2D eigenvalue weighted by Crippen LogP contribution is -2.41. The summed E-state index contributed by atoms with van der Waals surface area (Å²) in [6, 6.07) is 21.2. The van der Waals surface area contributed by atoms with Crippen molar-refractivity contribution in [3.05, 3.63) is 95.1 Å². The molecule has 0 bridgehead atoms. The third kappa shape index (κ3) is 6.35. The van der Waals surface area contributed by atoms with Crippen LogP contribution in [0.3, 0.4) is 0 Å². The maximum atomic E-state index is 12.9. The molecule has 166 valence electrons. The van der Waals surface area contributed by atoms with Crippen LogP contribution in [0.5, 0.6) is 5.75 Å². The Morgan fingerprint density at radius 2 is 1.62 bits per heavy atom. The number of phenols is 1. The fraction of sp³-hybridized carbons (Fsp3) is 0.231. The van der Waals surface area contributed by atoms with E-state index in [9.17, 15) is 14.7 Å². The minimum atomic E-state index is -0.745. The van der Waals surface area contributed by atoms with Crippen molar-refractivity contribution < 1.29 is 19.4 Å². The zero-order valence-electron chi connectivity index (χ0n) is 18.1. The molecular formula is C26H28N2O4. The summed E-state index contributed by atoms with van der Waals surface area (Å²) in [5.74, 6) is -0.601. The van der Waals surface area contributed by atoms with E-state index in [1.807, 2.05) is 42.5 Å². The summed E-state index contributed by atoms with van der Waals surface area (Å²) in [5.41, 5.74) is 10.2. The summed E-state index contributed by atoms with van der Waals surface area (Å²) >= 11 is 0. The second kappa shape index (κ2) is 11.0. The molecule has 0 saturated carbocycles. The lowest BCUT2D eigenvalue weighted by atomic mass is 10.00. The van der Waals surface area contributed by atoms with Gasteiger partial charge in [-0.05, 0) is 72.7 Å². The van der Waals surface area contributed by atoms with Gasteiger partial charge < -0.3 is 20.9 Å².